The average molecular weight is 736 g/mol. The lowest BCUT2D eigenvalue weighted by atomic mass is 9.69. The van der Waals surface area contributed by atoms with Gasteiger partial charge in [0, 0.05) is 20.0 Å². The molecule has 1 aliphatic heterocycles. The van der Waals surface area contributed by atoms with Crippen molar-refractivity contribution in [2.45, 2.75) is 140 Å². The zero-order valence-electron chi connectivity index (χ0n) is 30.5. The number of carbonyl (C=O) groups excluding carboxylic acids is 4. The molecule has 286 valence electrons. The Hall–Kier alpha value is -4.12. The van der Waals surface area contributed by atoms with Crippen LogP contribution in [0, 0.1) is 41.1 Å². The monoisotopic (exact) mass is 735 g/mol. The van der Waals surface area contributed by atoms with Crippen molar-refractivity contribution in [2.75, 3.05) is 19.0 Å². The van der Waals surface area contributed by atoms with Gasteiger partial charge in [-0.25, -0.2) is 4.98 Å². The molecule has 2 aromatic heterocycles. The largest absolute Gasteiger partial charge is 0.461 e. The molecule has 7 rings (SSSR count). The second kappa shape index (κ2) is 15.3. The van der Waals surface area contributed by atoms with Crippen LogP contribution in [-0.2, 0) is 44.7 Å². The smallest absolute Gasteiger partial charge is 0.312 e. The predicted octanol–water partition coefficient (Wildman–Crippen LogP) is 5.58. The predicted molar refractivity (Wildman–Crippen MR) is 188 cm³/mol. The highest BCUT2D eigenvalue weighted by molar-refractivity contribution is 6.00. The highest BCUT2D eigenvalue weighted by Crippen LogP contribution is 2.51. The molecule has 2 spiro atoms. The van der Waals surface area contributed by atoms with E-state index in [-0.39, 0.29) is 60.8 Å². The number of ether oxygens (including phenoxy) is 4. The summed E-state index contributed by atoms with van der Waals surface area (Å²) in [5, 5.41) is 2.50. The van der Waals surface area contributed by atoms with Gasteiger partial charge < -0.3 is 28.8 Å². The molecular formula is C39H50FN5O8. The van der Waals surface area contributed by atoms with E-state index in [0.717, 1.165) is 38.5 Å². The van der Waals surface area contributed by atoms with Crippen molar-refractivity contribution in [3.63, 3.8) is 0 Å². The first-order valence-corrected chi connectivity index (χ1v) is 19.3. The number of aromatic nitrogens is 4. The van der Waals surface area contributed by atoms with Gasteiger partial charge in [0.25, 0.3) is 5.91 Å². The van der Waals surface area contributed by atoms with Gasteiger partial charge >= 0.3 is 24.0 Å². The fourth-order valence-electron chi connectivity index (χ4n) is 9.70. The van der Waals surface area contributed by atoms with E-state index >= 15 is 0 Å². The topological polar surface area (TPSA) is 161 Å². The number of hydrogen-bond donors (Lipinski definition) is 1. The molecule has 1 saturated heterocycles. The minimum Gasteiger partial charge on any atom is -0.461 e. The normalized spacial score (nSPS) is 25.5. The first-order valence-electron chi connectivity index (χ1n) is 19.3. The molecule has 2 aromatic rings. The SMILES string of the molecule is C#CC(COC(=O)C1CCC2(CCCC2)CC1)(OC)[C@H](Cn1cnc2c(NC(=O)[C@H]3CCC(=O)O3)nc(F)nc21)OC(=O)C1CCC2(CCCC2)CC1. The number of nitrogens with zero attached hydrogens (tertiary/aromatic N) is 4. The van der Waals surface area contributed by atoms with Gasteiger partial charge in [0.2, 0.25) is 5.60 Å². The molecule has 5 fully saturated rings. The molecule has 3 heterocycles. The van der Waals surface area contributed by atoms with E-state index in [2.05, 4.69) is 26.2 Å². The molecule has 5 aliphatic rings. The Kier molecular flexibility index (Phi) is 10.8. The Morgan fingerprint density at radius 3 is 2.13 bits per heavy atom. The van der Waals surface area contributed by atoms with Crippen LogP contribution < -0.4 is 5.32 Å². The van der Waals surface area contributed by atoms with Crippen LogP contribution in [0.4, 0.5) is 10.2 Å². The van der Waals surface area contributed by atoms with E-state index in [1.54, 1.807) is 0 Å². The first-order chi connectivity index (χ1) is 25.6. The highest BCUT2D eigenvalue weighted by Gasteiger charge is 2.47. The van der Waals surface area contributed by atoms with Gasteiger partial charge in [-0.05, 0) is 87.9 Å². The van der Waals surface area contributed by atoms with Crippen molar-refractivity contribution in [1.82, 2.24) is 19.5 Å². The number of methoxy groups -OCH3 is 1. The van der Waals surface area contributed by atoms with Gasteiger partial charge in [-0.15, -0.1) is 6.42 Å². The third kappa shape index (κ3) is 7.77. The molecule has 0 radical (unpaired) electrons. The molecule has 0 bridgehead atoms. The summed E-state index contributed by atoms with van der Waals surface area (Å²) in [4.78, 5) is 63.8. The Morgan fingerprint density at radius 1 is 0.981 bits per heavy atom. The van der Waals surface area contributed by atoms with Crippen molar-refractivity contribution < 1.29 is 42.5 Å². The van der Waals surface area contributed by atoms with Crippen molar-refractivity contribution >= 4 is 40.8 Å². The summed E-state index contributed by atoms with van der Waals surface area (Å²) < 4.78 is 39.5. The maximum Gasteiger partial charge on any atom is 0.312 e. The van der Waals surface area contributed by atoms with Crippen molar-refractivity contribution in [3.05, 3.63) is 12.4 Å². The molecule has 1 amide bonds. The summed E-state index contributed by atoms with van der Waals surface area (Å²) >= 11 is 0. The van der Waals surface area contributed by atoms with Crippen molar-refractivity contribution in [1.29, 1.82) is 0 Å². The minimum absolute atomic E-state index is 0.0137. The zero-order chi connectivity index (χ0) is 37.2. The second-order valence-electron chi connectivity index (χ2n) is 16.2. The lowest BCUT2D eigenvalue weighted by molar-refractivity contribution is -0.181. The van der Waals surface area contributed by atoms with E-state index in [1.165, 1.54) is 69.4 Å². The Balaban J connectivity index is 1.11. The number of carbonyl (C=O) groups is 4. The van der Waals surface area contributed by atoms with Crippen molar-refractivity contribution in [2.24, 2.45) is 22.7 Å². The van der Waals surface area contributed by atoms with E-state index in [4.69, 9.17) is 25.4 Å². The molecule has 1 N–H and O–H groups in total. The summed E-state index contributed by atoms with van der Waals surface area (Å²) in [6, 6.07) is 0. The minimum atomic E-state index is -1.71. The summed E-state index contributed by atoms with van der Waals surface area (Å²) in [5.41, 5.74) is -1.01. The van der Waals surface area contributed by atoms with Crippen LogP contribution in [-0.4, -0.2) is 74.9 Å². The fraction of sp³-hybridized carbons (Fsp3) is 0.718. The first kappa shape index (κ1) is 37.2. The van der Waals surface area contributed by atoms with Gasteiger partial charge in [-0.3, -0.25) is 19.2 Å². The van der Waals surface area contributed by atoms with E-state index in [9.17, 15) is 23.6 Å². The van der Waals surface area contributed by atoms with Crippen LogP contribution in [0.2, 0.25) is 0 Å². The van der Waals surface area contributed by atoms with E-state index in [1.807, 2.05) is 0 Å². The molecule has 3 atom stereocenters. The number of amides is 1. The zero-order valence-corrected chi connectivity index (χ0v) is 30.5. The second-order valence-corrected chi connectivity index (χ2v) is 16.2. The van der Waals surface area contributed by atoms with Crippen LogP contribution in [0.5, 0.6) is 0 Å². The maximum atomic E-state index is 14.9. The fourth-order valence-corrected chi connectivity index (χ4v) is 9.70. The summed E-state index contributed by atoms with van der Waals surface area (Å²) in [7, 11) is 1.38. The molecule has 14 heteroatoms. The number of halogens is 1. The highest BCUT2D eigenvalue weighted by atomic mass is 19.1. The lowest BCUT2D eigenvalue weighted by Gasteiger charge is -2.39. The van der Waals surface area contributed by atoms with Gasteiger partial charge in [0.15, 0.2) is 29.2 Å². The number of nitrogens with one attached hydrogen (secondary N) is 1. The molecule has 4 saturated carbocycles. The summed E-state index contributed by atoms with van der Waals surface area (Å²) in [5.74, 6) is -0.126. The van der Waals surface area contributed by atoms with Gasteiger partial charge in [0.1, 0.15) is 6.61 Å². The molecule has 1 unspecified atom stereocenters. The van der Waals surface area contributed by atoms with Crippen LogP contribution in [0.1, 0.15) is 116 Å². The molecular weight excluding hydrogens is 685 g/mol. The summed E-state index contributed by atoms with van der Waals surface area (Å²) in [6.07, 6.45) is 21.0. The number of rotatable bonds is 11. The van der Waals surface area contributed by atoms with Gasteiger partial charge in [-0.1, -0.05) is 31.6 Å². The molecule has 0 aromatic carbocycles. The number of cyclic esters (lactones) is 1. The molecule has 13 nitrogen and oxygen atoms in total. The summed E-state index contributed by atoms with van der Waals surface area (Å²) in [6.45, 7) is -0.561. The van der Waals surface area contributed by atoms with Gasteiger partial charge in [-0.2, -0.15) is 14.4 Å². The van der Waals surface area contributed by atoms with Crippen LogP contribution in [0.15, 0.2) is 6.33 Å². The third-order valence-electron chi connectivity index (χ3n) is 13.1. The number of esters is 3. The van der Waals surface area contributed by atoms with Crippen molar-refractivity contribution in [3.8, 4) is 12.3 Å². The van der Waals surface area contributed by atoms with Crippen LogP contribution in [0.3, 0.4) is 0 Å². The Labute approximate surface area is 308 Å². The number of anilines is 1. The number of terminal acetylenes is 1. The standard InChI is InChI=1S/C39H50FN5O8/c1-3-39(50-2,23-51-34(48)25-10-18-37(19-11-25)14-4-5-15-37)28(53-35(49)26-12-20-38(21-13-26)16-6-7-17-38)22-45-24-41-30-31(43-36(40)44-32(30)45)42-33(47)27-8-9-29(46)52-27/h1,24-28H,4-23H2,2H3,(H,42,43,44,47)/t27-,28+,39?/m1/s1. The van der Waals surface area contributed by atoms with Crippen LogP contribution in [0.25, 0.3) is 11.2 Å². The molecule has 53 heavy (non-hydrogen) atoms. The number of fused-ring (bicyclic) bond motifs is 1. The average Bonchev–Trinajstić information content (AvgIpc) is 3.99. The molecule has 4 aliphatic carbocycles. The Bertz CT molecular complexity index is 1740. The van der Waals surface area contributed by atoms with E-state index < -0.39 is 41.7 Å². The Morgan fingerprint density at radius 2 is 1.58 bits per heavy atom. The number of hydrogen-bond acceptors (Lipinski definition) is 11. The van der Waals surface area contributed by atoms with E-state index in [0.29, 0.717) is 23.7 Å². The van der Waals surface area contributed by atoms with Crippen LogP contribution >= 0.6 is 0 Å². The third-order valence-corrected chi connectivity index (χ3v) is 13.1. The number of imidazole rings is 1. The quantitative estimate of drug-likeness (QED) is 0.133. The maximum absolute atomic E-state index is 14.9. The van der Waals surface area contributed by atoms with Gasteiger partial charge in [0.05, 0.1) is 24.7 Å². The lowest BCUT2D eigenvalue weighted by Crippen LogP contribution is -2.52.